The predicted molar refractivity (Wildman–Crippen MR) is 99.9 cm³/mol. The van der Waals surface area contributed by atoms with E-state index in [1.165, 1.54) is 6.92 Å². The molecule has 1 aromatic carbocycles. The van der Waals surface area contributed by atoms with Gasteiger partial charge in [-0.15, -0.1) is 0 Å². The van der Waals surface area contributed by atoms with Crippen LogP contribution in [0.4, 0.5) is 5.69 Å². The summed E-state index contributed by atoms with van der Waals surface area (Å²) in [4.78, 5) is 18.1. The lowest BCUT2D eigenvalue weighted by molar-refractivity contribution is -0.116. The summed E-state index contributed by atoms with van der Waals surface area (Å²) < 4.78 is 30.6. The van der Waals surface area contributed by atoms with Crippen LogP contribution in [-0.2, 0) is 34.2 Å². The molecule has 0 aliphatic carbocycles. The van der Waals surface area contributed by atoms with E-state index in [0.717, 1.165) is 30.8 Å². The maximum absolute atomic E-state index is 13.0. The lowest BCUT2D eigenvalue weighted by Gasteiger charge is -2.23. The van der Waals surface area contributed by atoms with Crippen molar-refractivity contribution in [3.63, 3.8) is 0 Å². The number of rotatable bonds is 4. The van der Waals surface area contributed by atoms with Gasteiger partial charge in [0.1, 0.15) is 5.82 Å². The van der Waals surface area contributed by atoms with E-state index >= 15 is 0 Å². The van der Waals surface area contributed by atoms with Crippen molar-refractivity contribution in [3.8, 4) is 0 Å². The van der Waals surface area contributed by atoms with Crippen LogP contribution in [0.2, 0.25) is 0 Å². The number of benzene rings is 1. The molecule has 1 aromatic heterocycles. The van der Waals surface area contributed by atoms with Crippen molar-refractivity contribution in [2.45, 2.75) is 57.0 Å². The first-order chi connectivity index (χ1) is 12.9. The molecule has 2 aromatic rings. The summed E-state index contributed by atoms with van der Waals surface area (Å²) in [5.41, 5.74) is 1.68. The Balaban J connectivity index is 1.63. The fourth-order valence-corrected chi connectivity index (χ4v) is 5.02. The van der Waals surface area contributed by atoms with Crippen LogP contribution in [0.25, 0.3) is 0 Å². The van der Waals surface area contributed by atoms with E-state index in [1.807, 2.05) is 6.92 Å². The van der Waals surface area contributed by atoms with Gasteiger partial charge in [-0.05, 0) is 37.0 Å². The summed E-state index contributed by atoms with van der Waals surface area (Å²) in [5.74, 6) is 1.32. The van der Waals surface area contributed by atoms with Gasteiger partial charge in [0, 0.05) is 32.1 Å². The highest BCUT2D eigenvalue weighted by Crippen LogP contribution is 2.32. The molecule has 0 fully saturated rings. The number of fused-ring (bicyclic) bond motifs is 2. The summed E-state index contributed by atoms with van der Waals surface area (Å²) in [7, 11) is -3.74. The van der Waals surface area contributed by atoms with Crippen LogP contribution in [0, 0.1) is 0 Å². The van der Waals surface area contributed by atoms with Crippen LogP contribution in [0.5, 0.6) is 0 Å². The third-order valence-electron chi connectivity index (χ3n) is 5.17. The minimum atomic E-state index is -3.74. The van der Waals surface area contributed by atoms with Gasteiger partial charge in [-0.1, -0.05) is 13.0 Å². The van der Waals surface area contributed by atoms with E-state index in [1.54, 1.807) is 27.8 Å². The van der Waals surface area contributed by atoms with Gasteiger partial charge in [-0.25, -0.2) is 22.8 Å². The smallest absolute Gasteiger partial charge is 0.241 e. The molecular formula is C18H23N5O3S. The average Bonchev–Trinajstić information content (AvgIpc) is 3.25. The number of carbonyl (C=O) groups is 1. The van der Waals surface area contributed by atoms with Gasteiger partial charge < -0.3 is 4.90 Å². The van der Waals surface area contributed by atoms with Gasteiger partial charge >= 0.3 is 0 Å². The van der Waals surface area contributed by atoms with E-state index in [0.29, 0.717) is 30.9 Å². The second kappa shape index (κ2) is 6.72. The molecule has 4 rings (SSSR count). The number of sulfonamides is 1. The molecule has 1 atom stereocenters. The number of aryl methyl sites for hydroxylation is 2. The first-order valence-corrected chi connectivity index (χ1v) is 10.7. The van der Waals surface area contributed by atoms with Crippen molar-refractivity contribution in [1.82, 2.24) is 19.5 Å². The largest absolute Gasteiger partial charge is 0.312 e. The summed E-state index contributed by atoms with van der Waals surface area (Å²) in [5, 5.41) is 4.43. The van der Waals surface area contributed by atoms with Gasteiger partial charge in [0.25, 0.3) is 0 Å². The summed E-state index contributed by atoms with van der Waals surface area (Å²) >= 11 is 0. The first kappa shape index (κ1) is 18.1. The second-order valence-electron chi connectivity index (χ2n) is 6.99. The summed E-state index contributed by atoms with van der Waals surface area (Å²) in [6.45, 7) is 4.82. The molecule has 8 nitrogen and oxygen atoms in total. The highest BCUT2D eigenvalue weighted by atomic mass is 32.2. The minimum Gasteiger partial charge on any atom is -0.312 e. The monoisotopic (exact) mass is 389 g/mol. The van der Waals surface area contributed by atoms with Crippen LogP contribution in [0.15, 0.2) is 23.1 Å². The zero-order valence-electron chi connectivity index (χ0n) is 15.5. The maximum atomic E-state index is 13.0. The number of anilines is 1. The van der Waals surface area contributed by atoms with Crippen molar-refractivity contribution in [3.05, 3.63) is 35.4 Å². The molecule has 9 heteroatoms. The lowest BCUT2D eigenvalue weighted by Crippen LogP contribution is -2.33. The summed E-state index contributed by atoms with van der Waals surface area (Å²) in [6, 6.07) is 4.60. The topological polar surface area (TPSA) is 97.2 Å². The average molecular weight is 389 g/mol. The number of hydrogen-bond acceptors (Lipinski definition) is 5. The van der Waals surface area contributed by atoms with E-state index in [9.17, 15) is 13.2 Å². The van der Waals surface area contributed by atoms with Gasteiger partial charge in [-0.3, -0.25) is 4.79 Å². The predicted octanol–water partition coefficient (Wildman–Crippen LogP) is 1.56. The Morgan fingerprint density at radius 2 is 2.15 bits per heavy atom. The Morgan fingerprint density at radius 3 is 2.89 bits per heavy atom. The van der Waals surface area contributed by atoms with E-state index in [-0.39, 0.29) is 10.8 Å². The molecule has 0 radical (unpaired) electrons. The Hall–Kier alpha value is -2.26. The van der Waals surface area contributed by atoms with Crippen LogP contribution in [-0.4, -0.2) is 35.6 Å². The van der Waals surface area contributed by atoms with Crippen molar-refractivity contribution >= 4 is 21.6 Å². The molecule has 27 heavy (non-hydrogen) atoms. The molecule has 3 heterocycles. The fourth-order valence-electron chi connectivity index (χ4n) is 3.77. The Morgan fingerprint density at radius 1 is 1.33 bits per heavy atom. The van der Waals surface area contributed by atoms with Gasteiger partial charge in [0.2, 0.25) is 15.9 Å². The molecule has 0 spiro atoms. The molecule has 2 aliphatic rings. The number of amides is 1. The molecule has 1 N–H and O–H groups in total. The SMILES string of the molecule is CCc1nc2n(n1)CCC[C@@H]2NS(=O)(=O)c1ccc2c(c1)N(C(C)=O)CC2. The maximum Gasteiger partial charge on any atom is 0.241 e. The molecule has 144 valence electrons. The molecular weight excluding hydrogens is 366 g/mol. The van der Waals surface area contributed by atoms with Gasteiger partial charge in [-0.2, -0.15) is 5.10 Å². The quantitative estimate of drug-likeness (QED) is 0.856. The standard InChI is InChI=1S/C18H23N5O3S/c1-3-17-19-18-15(5-4-9-23(18)20-17)21-27(25,26)14-7-6-13-8-10-22(12(2)24)16(13)11-14/h6-7,11,15,21H,3-5,8-10H2,1-2H3/t15-/m0/s1. The number of hydrogen-bond donors (Lipinski definition) is 1. The number of nitrogens with one attached hydrogen (secondary N) is 1. The van der Waals surface area contributed by atoms with Crippen molar-refractivity contribution in [2.24, 2.45) is 0 Å². The Labute approximate surface area is 158 Å². The van der Waals surface area contributed by atoms with Crippen LogP contribution in [0.3, 0.4) is 0 Å². The van der Waals surface area contributed by atoms with E-state index in [2.05, 4.69) is 14.8 Å². The van der Waals surface area contributed by atoms with E-state index in [4.69, 9.17) is 0 Å². The van der Waals surface area contributed by atoms with Crippen molar-refractivity contribution in [2.75, 3.05) is 11.4 Å². The Kier molecular flexibility index (Phi) is 4.51. The van der Waals surface area contributed by atoms with Gasteiger partial charge in [0.05, 0.1) is 10.9 Å². The second-order valence-corrected chi connectivity index (χ2v) is 8.70. The highest BCUT2D eigenvalue weighted by molar-refractivity contribution is 7.89. The zero-order valence-corrected chi connectivity index (χ0v) is 16.3. The molecule has 0 saturated heterocycles. The Bertz CT molecular complexity index is 998. The molecule has 1 amide bonds. The third-order valence-corrected chi connectivity index (χ3v) is 6.64. The summed E-state index contributed by atoms with van der Waals surface area (Å²) in [6.07, 6.45) is 2.99. The minimum absolute atomic E-state index is 0.0799. The lowest BCUT2D eigenvalue weighted by atomic mass is 10.1. The molecule has 0 bridgehead atoms. The normalized spacial score (nSPS) is 19.0. The zero-order chi connectivity index (χ0) is 19.2. The van der Waals surface area contributed by atoms with Crippen molar-refractivity contribution < 1.29 is 13.2 Å². The first-order valence-electron chi connectivity index (χ1n) is 9.26. The van der Waals surface area contributed by atoms with Crippen LogP contribution < -0.4 is 9.62 Å². The third kappa shape index (κ3) is 3.25. The fraction of sp³-hybridized carbons (Fsp3) is 0.500. The number of carbonyl (C=O) groups excluding carboxylic acids is 1. The van der Waals surface area contributed by atoms with Crippen LogP contribution >= 0.6 is 0 Å². The van der Waals surface area contributed by atoms with Crippen molar-refractivity contribution in [1.29, 1.82) is 0 Å². The number of nitrogens with zero attached hydrogens (tertiary/aromatic N) is 4. The highest BCUT2D eigenvalue weighted by Gasteiger charge is 2.30. The molecule has 0 saturated carbocycles. The molecule has 2 aliphatic heterocycles. The van der Waals surface area contributed by atoms with E-state index < -0.39 is 16.1 Å². The molecule has 0 unspecified atom stereocenters. The van der Waals surface area contributed by atoms with Crippen LogP contribution in [0.1, 0.15) is 49.9 Å². The number of aromatic nitrogens is 3. The van der Waals surface area contributed by atoms with Gasteiger partial charge in [0.15, 0.2) is 5.82 Å².